The standard InChI is InChI=1S/C17H26N2O2/c18-16(14-8-3-1-4-9-14)17(20)19-12-7-13-21-15-10-5-2-6-11-15/h1,3-4,8-9,15-16H,2,5-7,10-13,18H2,(H,19,20). The summed E-state index contributed by atoms with van der Waals surface area (Å²) < 4.78 is 5.83. The van der Waals surface area contributed by atoms with Crippen LogP contribution in [0.1, 0.15) is 50.1 Å². The van der Waals surface area contributed by atoms with Crippen molar-refractivity contribution in [2.75, 3.05) is 13.2 Å². The monoisotopic (exact) mass is 290 g/mol. The summed E-state index contributed by atoms with van der Waals surface area (Å²) in [6.07, 6.45) is 7.55. The maximum Gasteiger partial charge on any atom is 0.241 e. The Morgan fingerprint density at radius 2 is 1.95 bits per heavy atom. The molecule has 1 amide bonds. The Kier molecular flexibility index (Phi) is 6.70. The highest BCUT2D eigenvalue weighted by molar-refractivity contribution is 5.82. The minimum Gasteiger partial charge on any atom is -0.378 e. The van der Waals surface area contributed by atoms with Crippen LogP contribution in [0.4, 0.5) is 0 Å². The van der Waals surface area contributed by atoms with Gasteiger partial charge in [0.25, 0.3) is 0 Å². The van der Waals surface area contributed by atoms with Gasteiger partial charge in [-0.25, -0.2) is 0 Å². The van der Waals surface area contributed by atoms with Gasteiger partial charge < -0.3 is 15.8 Å². The van der Waals surface area contributed by atoms with E-state index in [1.165, 1.54) is 32.1 Å². The summed E-state index contributed by atoms with van der Waals surface area (Å²) in [6.45, 7) is 1.33. The van der Waals surface area contributed by atoms with Crippen molar-refractivity contribution in [3.05, 3.63) is 35.9 Å². The molecule has 1 atom stereocenters. The number of benzene rings is 1. The second kappa shape index (κ2) is 8.80. The predicted molar refractivity (Wildman–Crippen MR) is 83.8 cm³/mol. The van der Waals surface area contributed by atoms with Gasteiger partial charge in [0.15, 0.2) is 0 Å². The zero-order valence-electron chi connectivity index (χ0n) is 12.6. The number of hydrogen-bond acceptors (Lipinski definition) is 3. The van der Waals surface area contributed by atoms with Gasteiger partial charge in [0, 0.05) is 13.2 Å². The second-order valence-electron chi connectivity index (χ2n) is 5.66. The van der Waals surface area contributed by atoms with E-state index < -0.39 is 6.04 Å². The highest BCUT2D eigenvalue weighted by Crippen LogP contribution is 2.20. The molecular formula is C17H26N2O2. The summed E-state index contributed by atoms with van der Waals surface area (Å²) in [5, 5.41) is 2.87. The molecule has 116 valence electrons. The fourth-order valence-electron chi connectivity index (χ4n) is 2.69. The first-order chi connectivity index (χ1) is 10.3. The third-order valence-corrected chi connectivity index (χ3v) is 3.97. The average molecular weight is 290 g/mol. The fourth-order valence-corrected chi connectivity index (χ4v) is 2.69. The molecule has 1 fully saturated rings. The summed E-state index contributed by atoms with van der Waals surface area (Å²) in [5.74, 6) is -0.126. The largest absolute Gasteiger partial charge is 0.378 e. The molecule has 1 aromatic carbocycles. The molecule has 0 spiro atoms. The Morgan fingerprint density at radius 1 is 1.24 bits per heavy atom. The maximum atomic E-state index is 11.9. The Hall–Kier alpha value is -1.39. The van der Waals surface area contributed by atoms with Crippen molar-refractivity contribution >= 4 is 5.91 Å². The molecule has 0 radical (unpaired) electrons. The summed E-state index contributed by atoms with van der Waals surface area (Å²) in [6, 6.07) is 8.84. The molecule has 21 heavy (non-hydrogen) atoms. The SMILES string of the molecule is NC(C(=O)NCCCOC1CCCCC1)c1ccccc1. The van der Waals surface area contributed by atoms with Crippen molar-refractivity contribution in [3.63, 3.8) is 0 Å². The highest BCUT2D eigenvalue weighted by Gasteiger charge is 2.15. The quantitative estimate of drug-likeness (QED) is 0.759. The summed E-state index contributed by atoms with van der Waals surface area (Å²) >= 11 is 0. The molecule has 1 unspecified atom stereocenters. The van der Waals surface area contributed by atoms with Crippen LogP contribution >= 0.6 is 0 Å². The Labute approximate surface area is 127 Å². The molecule has 0 aliphatic heterocycles. The Balaban J connectivity index is 1.58. The molecule has 1 aliphatic rings. The third-order valence-electron chi connectivity index (χ3n) is 3.97. The predicted octanol–water partition coefficient (Wildman–Crippen LogP) is 2.54. The summed E-state index contributed by atoms with van der Waals surface area (Å²) in [7, 11) is 0. The molecule has 0 heterocycles. The van der Waals surface area contributed by atoms with Crippen LogP contribution in [-0.4, -0.2) is 25.2 Å². The van der Waals surface area contributed by atoms with Crippen LogP contribution in [-0.2, 0) is 9.53 Å². The lowest BCUT2D eigenvalue weighted by atomic mass is 9.98. The van der Waals surface area contributed by atoms with E-state index in [1.807, 2.05) is 30.3 Å². The normalized spacial score (nSPS) is 17.4. The fraction of sp³-hybridized carbons (Fsp3) is 0.588. The van der Waals surface area contributed by atoms with Gasteiger partial charge >= 0.3 is 0 Å². The molecule has 3 N–H and O–H groups in total. The average Bonchev–Trinajstić information content (AvgIpc) is 2.55. The van der Waals surface area contributed by atoms with E-state index in [1.54, 1.807) is 0 Å². The third kappa shape index (κ3) is 5.48. The van der Waals surface area contributed by atoms with E-state index in [0.717, 1.165) is 12.0 Å². The molecule has 1 aromatic rings. The van der Waals surface area contributed by atoms with Crippen LogP contribution in [0.3, 0.4) is 0 Å². The van der Waals surface area contributed by atoms with E-state index in [4.69, 9.17) is 10.5 Å². The number of ether oxygens (including phenoxy) is 1. The first-order valence-electron chi connectivity index (χ1n) is 7.97. The number of nitrogens with two attached hydrogens (primary N) is 1. The summed E-state index contributed by atoms with van der Waals surface area (Å²) in [5.41, 5.74) is 6.77. The van der Waals surface area contributed by atoms with Crippen molar-refractivity contribution in [2.24, 2.45) is 5.73 Å². The molecule has 4 nitrogen and oxygen atoms in total. The lowest BCUT2D eigenvalue weighted by Crippen LogP contribution is -2.35. The van der Waals surface area contributed by atoms with E-state index in [2.05, 4.69) is 5.32 Å². The number of carbonyl (C=O) groups excluding carboxylic acids is 1. The number of carbonyl (C=O) groups is 1. The van der Waals surface area contributed by atoms with Gasteiger partial charge in [-0.05, 0) is 24.8 Å². The van der Waals surface area contributed by atoms with E-state index in [-0.39, 0.29) is 5.91 Å². The van der Waals surface area contributed by atoms with Gasteiger partial charge in [-0.2, -0.15) is 0 Å². The number of rotatable bonds is 7. The molecular weight excluding hydrogens is 264 g/mol. The smallest absolute Gasteiger partial charge is 0.241 e. The zero-order valence-corrected chi connectivity index (χ0v) is 12.6. The van der Waals surface area contributed by atoms with Gasteiger partial charge in [-0.15, -0.1) is 0 Å². The van der Waals surface area contributed by atoms with Crippen molar-refractivity contribution < 1.29 is 9.53 Å². The van der Waals surface area contributed by atoms with Crippen LogP contribution in [0.2, 0.25) is 0 Å². The number of nitrogens with one attached hydrogen (secondary N) is 1. The highest BCUT2D eigenvalue weighted by atomic mass is 16.5. The van der Waals surface area contributed by atoms with E-state index in [9.17, 15) is 4.79 Å². The second-order valence-corrected chi connectivity index (χ2v) is 5.66. The van der Waals surface area contributed by atoms with Crippen LogP contribution in [0, 0.1) is 0 Å². The first kappa shape index (κ1) is 16.0. The van der Waals surface area contributed by atoms with Gasteiger partial charge in [-0.3, -0.25) is 4.79 Å². The Morgan fingerprint density at radius 3 is 2.67 bits per heavy atom. The zero-order chi connectivity index (χ0) is 14.9. The first-order valence-corrected chi connectivity index (χ1v) is 7.97. The maximum absolute atomic E-state index is 11.9. The van der Waals surface area contributed by atoms with Crippen LogP contribution in [0.15, 0.2) is 30.3 Å². The van der Waals surface area contributed by atoms with Crippen molar-refractivity contribution in [3.8, 4) is 0 Å². The van der Waals surface area contributed by atoms with Crippen molar-refractivity contribution in [1.29, 1.82) is 0 Å². The summed E-state index contributed by atoms with van der Waals surface area (Å²) in [4.78, 5) is 11.9. The van der Waals surface area contributed by atoms with E-state index >= 15 is 0 Å². The number of amides is 1. The van der Waals surface area contributed by atoms with Crippen LogP contribution < -0.4 is 11.1 Å². The molecule has 0 saturated heterocycles. The minimum atomic E-state index is -0.592. The van der Waals surface area contributed by atoms with Gasteiger partial charge in [0.2, 0.25) is 5.91 Å². The van der Waals surface area contributed by atoms with E-state index in [0.29, 0.717) is 19.3 Å². The van der Waals surface area contributed by atoms with Crippen molar-refractivity contribution in [2.45, 2.75) is 50.7 Å². The van der Waals surface area contributed by atoms with Gasteiger partial charge in [0.05, 0.1) is 6.10 Å². The molecule has 1 saturated carbocycles. The Bertz CT molecular complexity index is 416. The molecule has 2 rings (SSSR count). The lowest BCUT2D eigenvalue weighted by Gasteiger charge is -2.22. The minimum absolute atomic E-state index is 0.126. The topological polar surface area (TPSA) is 64.4 Å². The van der Waals surface area contributed by atoms with Gasteiger partial charge in [0.1, 0.15) is 6.04 Å². The molecule has 0 bridgehead atoms. The molecule has 0 aromatic heterocycles. The van der Waals surface area contributed by atoms with Gasteiger partial charge in [-0.1, -0.05) is 49.6 Å². The molecule has 4 heteroatoms. The molecule has 1 aliphatic carbocycles. The van der Waals surface area contributed by atoms with Crippen molar-refractivity contribution in [1.82, 2.24) is 5.32 Å². The number of hydrogen-bond donors (Lipinski definition) is 2. The van der Waals surface area contributed by atoms with Crippen LogP contribution in [0.25, 0.3) is 0 Å². The van der Waals surface area contributed by atoms with Crippen LogP contribution in [0.5, 0.6) is 0 Å². The lowest BCUT2D eigenvalue weighted by molar-refractivity contribution is -0.122.